The predicted octanol–water partition coefficient (Wildman–Crippen LogP) is -0.510. The SMILES string of the molecule is CCS(=O)(=O)N1CCC[CH]C1C(N)=O. The number of sulfonamides is 1. The Bertz CT molecular complexity index is 313. The van der Waals surface area contributed by atoms with Crippen molar-refractivity contribution in [2.75, 3.05) is 12.3 Å². The van der Waals surface area contributed by atoms with Gasteiger partial charge in [-0.15, -0.1) is 0 Å². The highest BCUT2D eigenvalue weighted by Gasteiger charge is 2.34. The van der Waals surface area contributed by atoms with Crippen LogP contribution in [-0.2, 0) is 14.8 Å². The van der Waals surface area contributed by atoms with Crippen molar-refractivity contribution in [2.45, 2.75) is 25.8 Å². The zero-order valence-electron chi connectivity index (χ0n) is 8.14. The van der Waals surface area contributed by atoms with Gasteiger partial charge >= 0.3 is 0 Å². The number of rotatable bonds is 3. The predicted molar refractivity (Wildman–Crippen MR) is 52.7 cm³/mol. The molecule has 0 spiro atoms. The largest absolute Gasteiger partial charge is 0.368 e. The standard InChI is InChI=1S/C8H15N2O3S/c1-2-14(12,13)10-6-4-3-5-7(10)8(9)11/h5,7H,2-4,6H2,1H3,(H2,9,11). The second kappa shape index (κ2) is 4.27. The minimum atomic E-state index is -3.31. The number of piperidine rings is 1. The van der Waals surface area contributed by atoms with Gasteiger partial charge in [-0.2, -0.15) is 4.31 Å². The number of hydrogen-bond acceptors (Lipinski definition) is 3. The average molecular weight is 219 g/mol. The Balaban J connectivity index is 2.88. The maximum Gasteiger partial charge on any atom is 0.236 e. The van der Waals surface area contributed by atoms with Crippen molar-refractivity contribution in [1.29, 1.82) is 0 Å². The molecule has 0 saturated carbocycles. The number of amides is 1. The molecule has 0 aromatic carbocycles. The zero-order chi connectivity index (χ0) is 10.8. The molecule has 0 bridgehead atoms. The van der Waals surface area contributed by atoms with E-state index in [9.17, 15) is 13.2 Å². The van der Waals surface area contributed by atoms with Crippen molar-refractivity contribution < 1.29 is 13.2 Å². The third kappa shape index (κ3) is 2.24. The van der Waals surface area contributed by atoms with E-state index in [1.807, 2.05) is 0 Å². The van der Waals surface area contributed by atoms with Gasteiger partial charge in [-0.25, -0.2) is 8.42 Å². The van der Waals surface area contributed by atoms with Crippen LogP contribution in [0.3, 0.4) is 0 Å². The smallest absolute Gasteiger partial charge is 0.236 e. The van der Waals surface area contributed by atoms with Crippen LogP contribution in [0.1, 0.15) is 19.8 Å². The summed E-state index contributed by atoms with van der Waals surface area (Å²) in [6, 6.07) is -0.756. The van der Waals surface area contributed by atoms with Gasteiger partial charge in [-0.05, 0) is 26.2 Å². The summed E-state index contributed by atoms with van der Waals surface area (Å²) in [5, 5.41) is 0. The van der Waals surface area contributed by atoms with Crippen LogP contribution in [0.2, 0.25) is 0 Å². The Morgan fingerprint density at radius 2 is 2.29 bits per heavy atom. The fourth-order valence-corrected chi connectivity index (χ4v) is 2.79. The van der Waals surface area contributed by atoms with E-state index in [0.29, 0.717) is 6.54 Å². The highest BCUT2D eigenvalue weighted by Crippen LogP contribution is 2.19. The summed E-state index contributed by atoms with van der Waals surface area (Å²) in [7, 11) is -3.31. The normalized spacial score (nSPS) is 24.8. The lowest BCUT2D eigenvalue weighted by molar-refractivity contribution is -0.121. The van der Waals surface area contributed by atoms with Gasteiger partial charge in [0.05, 0.1) is 5.75 Å². The van der Waals surface area contributed by atoms with Crippen LogP contribution in [0.4, 0.5) is 0 Å². The molecule has 0 aliphatic carbocycles. The number of nitrogens with zero attached hydrogens (tertiary/aromatic N) is 1. The van der Waals surface area contributed by atoms with Crippen molar-refractivity contribution in [3.8, 4) is 0 Å². The highest BCUT2D eigenvalue weighted by atomic mass is 32.2. The summed E-state index contributed by atoms with van der Waals surface area (Å²) in [5.41, 5.74) is 5.13. The number of primary amides is 1. The first kappa shape index (κ1) is 11.5. The van der Waals surface area contributed by atoms with Gasteiger partial charge in [0.1, 0.15) is 6.04 Å². The molecule has 0 aromatic heterocycles. The lowest BCUT2D eigenvalue weighted by Crippen LogP contribution is -2.51. The molecular weight excluding hydrogens is 204 g/mol. The molecule has 0 aromatic rings. The van der Waals surface area contributed by atoms with Crippen LogP contribution in [0, 0.1) is 6.42 Å². The Labute approximate surface area is 84.3 Å². The Morgan fingerprint density at radius 3 is 2.79 bits per heavy atom. The van der Waals surface area contributed by atoms with Crippen LogP contribution < -0.4 is 5.73 Å². The van der Waals surface area contributed by atoms with Crippen LogP contribution in [-0.4, -0.2) is 37.0 Å². The lowest BCUT2D eigenvalue weighted by Gasteiger charge is -2.31. The number of carbonyl (C=O) groups excluding carboxylic acids is 1. The Hall–Kier alpha value is -0.620. The van der Waals surface area contributed by atoms with E-state index in [0.717, 1.165) is 12.8 Å². The molecule has 6 heteroatoms. The molecule has 1 aliphatic heterocycles. The van der Waals surface area contributed by atoms with Gasteiger partial charge in [0, 0.05) is 6.54 Å². The van der Waals surface area contributed by atoms with E-state index in [1.165, 1.54) is 4.31 Å². The molecule has 1 radical (unpaired) electrons. The zero-order valence-corrected chi connectivity index (χ0v) is 8.96. The van der Waals surface area contributed by atoms with E-state index < -0.39 is 22.0 Å². The molecule has 1 unspecified atom stereocenters. The van der Waals surface area contributed by atoms with Crippen molar-refractivity contribution >= 4 is 15.9 Å². The summed E-state index contributed by atoms with van der Waals surface area (Å²) in [4.78, 5) is 11.0. The minimum Gasteiger partial charge on any atom is -0.368 e. The van der Waals surface area contributed by atoms with Crippen molar-refractivity contribution in [2.24, 2.45) is 5.73 Å². The maximum atomic E-state index is 11.6. The third-order valence-corrected chi connectivity index (χ3v) is 4.15. The van der Waals surface area contributed by atoms with E-state index >= 15 is 0 Å². The monoisotopic (exact) mass is 219 g/mol. The van der Waals surface area contributed by atoms with Crippen molar-refractivity contribution in [3.05, 3.63) is 6.42 Å². The van der Waals surface area contributed by atoms with Gasteiger partial charge in [-0.3, -0.25) is 4.79 Å². The van der Waals surface area contributed by atoms with Gasteiger partial charge in [-0.1, -0.05) is 0 Å². The molecule has 1 heterocycles. The van der Waals surface area contributed by atoms with Crippen LogP contribution >= 0.6 is 0 Å². The maximum absolute atomic E-state index is 11.6. The van der Waals surface area contributed by atoms with Gasteiger partial charge in [0.2, 0.25) is 15.9 Å². The molecule has 1 amide bonds. The summed E-state index contributed by atoms with van der Waals surface area (Å²) in [6.07, 6.45) is 3.16. The summed E-state index contributed by atoms with van der Waals surface area (Å²) in [5.74, 6) is -0.591. The summed E-state index contributed by atoms with van der Waals surface area (Å²) < 4.78 is 24.3. The molecule has 1 atom stereocenters. The molecule has 1 fully saturated rings. The van der Waals surface area contributed by atoms with Gasteiger partial charge < -0.3 is 5.73 Å². The van der Waals surface area contributed by atoms with Gasteiger partial charge in [0.25, 0.3) is 0 Å². The minimum absolute atomic E-state index is 0.00458. The molecule has 14 heavy (non-hydrogen) atoms. The molecule has 1 saturated heterocycles. The first-order valence-corrected chi connectivity index (χ1v) is 6.22. The second-order valence-electron chi connectivity index (χ2n) is 3.24. The fraction of sp³-hybridized carbons (Fsp3) is 0.750. The first-order valence-electron chi connectivity index (χ1n) is 4.61. The van der Waals surface area contributed by atoms with E-state index in [1.54, 1.807) is 13.3 Å². The quantitative estimate of drug-likeness (QED) is 0.694. The van der Waals surface area contributed by atoms with Crippen molar-refractivity contribution in [1.82, 2.24) is 4.31 Å². The highest BCUT2D eigenvalue weighted by molar-refractivity contribution is 7.89. The van der Waals surface area contributed by atoms with Crippen LogP contribution in [0.15, 0.2) is 0 Å². The topological polar surface area (TPSA) is 80.5 Å². The first-order chi connectivity index (χ1) is 6.49. The van der Waals surface area contributed by atoms with E-state index in [-0.39, 0.29) is 5.75 Å². The average Bonchev–Trinajstić information content (AvgIpc) is 2.18. The van der Waals surface area contributed by atoms with Crippen molar-refractivity contribution in [3.63, 3.8) is 0 Å². The Morgan fingerprint density at radius 1 is 1.64 bits per heavy atom. The summed E-state index contributed by atoms with van der Waals surface area (Å²) >= 11 is 0. The number of nitrogens with two attached hydrogens (primary N) is 1. The third-order valence-electron chi connectivity index (χ3n) is 2.30. The summed E-state index contributed by atoms with van der Waals surface area (Å²) in [6.45, 7) is 1.95. The molecule has 81 valence electrons. The lowest BCUT2D eigenvalue weighted by atomic mass is 10.0. The van der Waals surface area contributed by atoms with Gasteiger partial charge in [0.15, 0.2) is 0 Å². The van der Waals surface area contributed by atoms with Crippen LogP contribution in [0.5, 0.6) is 0 Å². The molecule has 2 N–H and O–H groups in total. The number of hydrogen-bond donors (Lipinski definition) is 1. The van der Waals surface area contributed by atoms with E-state index in [4.69, 9.17) is 5.73 Å². The molecule has 5 nitrogen and oxygen atoms in total. The Kier molecular flexibility index (Phi) is 3.49. The van der Waals surface area contributed by atoms with Crippen LogP contribution in [0.25, 0.3) is 0 Å². The second-order valence-corrected chi connectivity index (χ2v) is 5.45. The molecule has 1 rings (SSSR count). The molecular formula is C8H15N2O3S. The molecule has 1 aliphatic rings. The fourth-order valence-electron chi connectivity index (χ4n) is 1.52. The van der Waals surface area contributed by atoms with E-state index in [2.05, 4.69) is 0 Å². The number of carbonyl (C=O) groups is 1.